The van der Waals surface area contributed by atoms with Crippen LogP contribution in [0.15, 0.2) is 56.2 Å². The predicted octanol–water partition coefficient (Wildman–Crippen LogP) is 3.85. The fourth-order valence-corrected chi connectivity index (χ4v) is 3.93. The van der Waals surface area contributed by atoms with Crippen LogP contribution < -0.4 is 0 Å². The maximum absolute atomic E-state index is 12.7. The van der Waals surface area contributed by atoms with E-state index in [0.717, 1.165) is 17.9 Å². The van der Waals surface area contributed by atoms with Gasteiger partial charge in [0.2, 0.25) is 5.76 Å². The highest BCUT2D eigenvalue weighted by molar-refractivity contribution is 7.99. The van der Waals surface area contributed by atoms with Crippen LogP contribution in [0, 0.1) is 0 Å². The fraction of sp³-hybridized carbons (Fsp3) is 0.294. The summed E-state index contributed by atoms with van der Waals surface area (Å²) in [6.07, 6.45) is 4.10. The lowest BCUT2D eigenvalue weighted by atomic mass is 10.2. The molecular formula is C17H16N2O4S. The second-order valence-corrected chi connectivity index (χ2v) is 6.82. The summed E-state index contributed by atoms with van der Waals surface area (Å²) < 4.78 is 16.0. The van der Waals surface area contributed by atoms with Crippen molar-refractivity contribution < 1.29 is 18.2 Å². The molecule has 1 saturated heterocycles. The second kappa shape index (κ2) is 6.60. The van der Waals surface area contributed by atoms with E-state index in [4.69, 9.17) is 13.4 Å². The molecule has 6 nitrogen and oxygen atoms in total. The summed E-state index contributed by atoms with van der Waals surface area (Å²) >= 11 is 1.81. The van der Waals surface area contributed by atoms with Gasteiger partial charge >= 0.3 is 0 Å². The first-order valence-electron chi connectivity index (χ1n) is 7.76. The molecule has 1 atom stereocenters. The first-order valence-corrected chi connectivity index (χ1v) is 8.81. The van der Waals surface area contributed by atoms with Crippen LogP contribution in [0.5, 0.6) is 0 Å². The van der Waals surface area contributed by atoms with Crippen LogP contribution in [-0.2, 0) is 0 Å². The molecule has 24 heavy (non-hydrogen) atoms. The maximum atomic E-state index is 12.7. The topological polar surface area (TPSA) is 72.6 Å². The Bertz CT molecular complexity index is 795. The normalized spacial score (nSPS) is 18.5. The Kier molecular flexibility index (Phi) is 4.17. The van der Waals surface area contributed by atoms with Gasteiger partial charge in [0, 0.05) is 24.9 Å². The highest BCUT2D eigenvalue weighted by Gasteiger charge is 2.26. The van der Waals surface area contributed by atoms with Gasteiger partial charge < -0.3 is 18.3 Å². The van der Waals surface area contributed by atoms with Gasteiger partial charge in [0.05, 0.1) is 17.8 Å². The lowest BCUT2D eigenvalue weighted by Gasteiger charge is -2.18. The Morgan fingerprint density at radius 1 is 1.17 bits per heavy atom. The van der Waals surface area contributed by atoms with Crippen molar-refractivity contribution in [2.45, 2.75) is 11.7 Å². The zero-order chi connectivity index (χ0) is 16.4. The number of thioether (sulfide) groups is 1. The molecule has 1 fully saturated rings. The zero-order valence-corrected chi connectivity index (χ0v) is 13.7. The lowest BCUT2D eigenvalue weighted by Crippen LogP contribution is -2.33. The number of rotatable bonds is 3. The molecule has 0 radical (unpaired) electrons. The standard InChI is InChI=1S/C17H16N2O4S/c20-17(12-11-15(23-18-12)13-3-1-8-21-13)19-6-5-16(24-10-7-19)14-4-2-9-22-14/h1-4,8-9,11,16H,5-7,10H2/t16-/m1/s1. The highest BCUT2D eigenvalue weighted by atomic mass is 32.2. The number of carbonyl (C=O) groups excluding carboxylic acids is 1. The molecule has 0 bridgehead atoms. The van der Waals surface area contributed by atoms with Gasteiger partial charge in [-0.05, 0) is 30.7 Å². The van der Waals surface area contributed by atoms with Crippen molar-refractivity contribution in [2.75, 3.05) is 18.8 Å². The van der Waals surface area contributed by atoms with E-state index < -0.39 is 0 Å². The summed E-state index contributed by atoms with van der Waals surface area (Å²) in [6, 6.07) is 9.05. The molecule has 1 aliphatic rings. The van der Waals surface area contributed by atoms with E-state index in [1.807, 2.05) is 28.8 Å². The Balaban J connectivity index is 1.45. The second-order valence-electron chi connectivity index (χ2n) is 5.51. The summed E-state index contributed by atoms with van der Waals surface area (Å²) in [5.74, 6) is 2.74. The van der Waals surface area contributed by atoms with Crippen LogP contribution in [0.2, 0.25) is 0 Å². The molecule has 0 aliphatic carbocycles. The van der Waals surface area contributed by atoms with Crippen LogP contribution >= 0.6 is 11.8 Å². The molecule has 4 rings (SSSR count). The average molecular weight is 344 g/mol. The first-order chi connectivity index (χ1) is 11.8. The fourth-order valence-electron chi connectivity index (χ4n) is 2.75. The summed E-state index contributed by atoms with van der Waals surface area (Å²) in [6.45, 7) is 1.35. The number of aromatic nitrogens is 1. The molecule has 124 valence electrons. The van der Waals surface area contributed by atoms with Crippen LogP contribution in [0.1, 0.15) is 27.9 Å². The maximum Gasteiger partial charge on any atom is 0.276 e. The minimum atomic E-state index is -0.114. The molecule has 0 saturated carbocycles. The highest BCUT2D eigenvalue weighted by Crippen LogP contribution is 2.34. The van der Waals surface area contributed by atoms with Crippen molar-refractivity contribution in [3.8, 4) is 11.5 Å². The molecule has 0 unspecified atom stereocenters. The third-order valence-electron chi connectivity index (χ3n) is 3.98. The molecule has 4 heterocycles. The summed E-state index contributed by atoms with van der Waals surface area (Å²) in [5.41, 5.74) is 0.308. The molecule has 7 heteroatoms. The van der Waals surface area contributed by atoms with E-state index in [-0.39, 0.29) is 11.2 Å². The van der Waals surface area contributed by atoms with Crippen LogP contribution in [-0.4, -0.2) is 34.8 Å². The van der Waals surface area contributed by atoms with Crippen LogP contribution in [0.4, 0.5) is 0 Å². The number of hydrogen-bond donors (Lipinski definition) is 0. The third-order valence-corrected chi connectivity index (χ3v) is 5.27. The summed E-state index contributed by atoms with van der Waals surface area (Å²) in [4.78, 5) is 14.5. The molecule has 1 aliphatic heterocycles. The smallest absolute Gasteiger partial charge is 0.276 e. The minimum Gasteiger partial charge on any atom is -0.468 e. The zero-order valence-electron chi connectivity index (χ0n) is 12.9. The van der Waals surface area contributed by atoms with Gasteiger partial charge in [0.15, 0.2) is 11.5 Å². The van der Waals surface area contributed by atoms with Crippen LogP contribution in [0.25, 0.3) is 11.5 Å². The monoisotopic (exact) mass is 344 g/mol. The third kappa shape index (κ3) is 2.99. The van der Waals surface area contributed by atoms with Crippen molar-refractivity contribution in [3.05, 3.63) is 54.3 Å². The number of nitrogens with zero attached hydrogens (tertiary/aromatic N) is 2. The van der Waals surface area contributed by atoms with Gasteiger partial charge in [-0.2, -0.15) is 0 Å². The molecular weight excluding hydrogens is 328 g/mol. The van der Waals surface area contributed by atoms with Crippen molar-refractivity contribution in [1.29, 1.82) is 0 Å². The van der Waals surface area contributed by atoms with Gasteiger partial charge in [0.25, 0.3) is 5.91 Å². The molecule has 0 spiro atoms. The Morgan fingerprint density at radius 3 is 2.83 bits per heavy atom. The van der Waals surface area contributed by atoms with Gasteiger partial charge in [-0.25, -0.2) is 0 Å². The Hall–Kier alpha value is -2.41. The van der Waals surface area contributed by atoms with E-state index >= 15 is 0 Å². The largest absolute Gasteiger partial charge is 0.468 e. The SMILES string of the molecule is O=C(c1cc(-c2ccco2)on1)N1CCS[C@@H](c2ccco2)CC1. The van der Waals surface area contributed by atoms with Crippen molar-refractivity contribution in [1.82, 2.24) is 10.1 Å². The number of amides is 1. The van der Waals surface area contributed by atoms with Gasteiger partial charge in [-0.1, -0.05) is 5.16 Å². The van der Waals surface area contributed by atoms with Gasteiger partial charge in [-0.15, -0.1) is 11.8 Å². The van der Waals surface area contributed by atoms with E-state index in [2.05, 4.69) is 5.16 Å². The number of carbonyl (C=O) groups is 1. The molecule has 3 aromatic heterocycles. The average Bonchev–Trinajstić information content (AvgIpc) is 3.33. The van der Waals surface area contributed by atoms with E-state index in [0.29, 0.717) is 30.3 Å². The van der Waals surface area contributed by atoms with Crippen LogP contribution in [0.3, 0.4) is 0 Å². The predicted molar refractivity (Wildman–Crippen MR) is 88.6 cm³/mol. The first kappa shape index (κ1) is 15.1. The van der Waals surface area contributed by atoms with Gasteiger partial charge in [-0.3, -0.25) is 4.79 Å². The molecule has 0 N–H and O–H groups in total. The number of hydrogen-bond acceptors (Lipinski definition) is 6. The van der Waals surface area contributed by atoms with Crippen molar-refractivity contribution >= 4 is 17.7 Å². The van der Waals surface area contributed by atoms with Gasteiger partial charge in [0.1, 0.15) is 5.76 Å². The quantitative estimate of drug-likeness (QED) is 0.718. The van der Waals surface area contributed by atoms with E-state index in [9.17, 15) is 4.79 Å². The molecule has 3 aromatic rings. The Labute approximate surface area is 142 Å². The molecule has 0 aromatic carbocycles. The minimum absolute atomic E-state index is 0.114. The Morgan fingerprint density at radius 2 is 2.04 bits per heavy atom. The van der Waals surface area contributed by atoms with Crippen molar-refractivity contribution in [3.63, 3.8) is 0 Å². The number of furan rings is 2. The lowest BCUT2D eigenvalue weighted by molar-refractivity contribution is 0.0755. The van der Waals surface area contributed by atoms with E-state index in [1.54, 1.807) is 30.7 Å². The van der Waals surface area contributed by atoms with Crippen molar-refractivity contribution in [2.24, 2.45) is 0 Å². The summed E-state index contributed by atoms with van der Waals surface area (Å²) in [7, 11) is 0. The molecule has 1 amide bonds. The summed E-state index contributed by atoms with van der Waals surface area (Å²) in [5, 5.41) is 4.18. The van der Waals surface area contributed by atoms with E-state index in [1.165, 1.54) is 0 Å².